The number of fused-ring (bicyclic) bond motifs is 1. The van der Waals surface area contributed by atoms with Gasteiger partial charge in [0.05, 0.1) is 27.6 Å². The maximum absolute atomic E-state index is 2.66. The Morgan fingerprint density at radius 1 is 0.397 bits per heavy atom. The zero-order valence-corrected chi connectivity index (χ0v) is 32.1. The van der Waals surface area contributed by atoms with Crippen molar-refractivity contribution in [1.29, 1.82) is 0 Å². The van der Waals surface area contributed by atoms with Gasteiger partial charge in [0.1, 0.15) is 0 Å². The van der Waals surface area contributed by atoms with Gasteiger partial charge in [-0.25, -0.2) is 0 Å². The third-order valence-electron chi connectivity index (χ3n) is 13.1. The molecule has 274 valence electrons. The molecule has 12 rings (SSSR count). The van der Waals surface area contributed by atoms with Gasteiger partial charge < -0.3 is 9.47 Å². The molecule has 1 atom stereocenters. The van der Waals surface area contributed by atoms with Gasteiger partial charge in [0.15, 0.2) is 0 Å². The van der Waals surface area contributed by atoms with Crippen molar-refractivity contribution in [2.24, 2.45) is 0 Å². The Balaban J connectivity index is 1.34. The van der Waals surface area contributed by atoms with Crippen molar-refractivity contribution in [2.75, 3.05) is 4.90 Å². The van der Waals surface area contributed by atoms with E-state index < -0.39 is 10.8 Å². The quantitative estimate of drug-likeness (QED) is 0.158. The van der Waals surface area contributed by atoms with Crippen LogP contribution in [-0.2, 0) is 10.8 Å². The molecule has 2 aliphatic heterocycles. The van der Waals surface area contributed by atoms with Crippen molar-refractivity contribution in [3.63, 3.8) is 0 Å². The first kappa shape index (κ1) is 33.0. The van der Waals surface area contributed by atoms with Crippen molar-refractivity contribution < 1.29 is 0 Å². The lowest BCUT2D eigenvalue weighted by Crippen LogP contribution is -2.41. The van der Waals surface area contributed by atoms with Gasteiger partial charge in [0, 0.05) is 27.8 Å². The van der Waals surface area contributed by atoms with E-state index in [4.69, 9.17) is 0 Å². The average molecular weight is 741 g/mol. The number of hydrogen-bond donors (Lipinski definition) is 0. The molecule has 8 aromatic carbocycles. The number of rotatable bonds is 7. The number of nitrogens with zero attached hydrogens (tertiary/aromatic N) is 2. The second-order valence-electron chi connectivity index (χ2n) is 15.9. The van der Waals surface area contributed by atoms with E-state index in [0.29, 0.717) is 0 Å². The normalized spacial score (nSPS) is 17.1. The summed E-state index contributed by atoms with van der Waals surface area (Å²) < 4.78 is 2.66. The zero-order valence-electron chi connectivity index (χ0n) is 32.1. The van der Waals surface area contributed by atoms with Crippen LogP contribution in [0.15, 0.2) is 224 Å². The number of para-hydroxylation sites is 4. The first-order chi connectivity index (χ1) is 28.8. The largest absolute Gasteiger partial charge is 0.310 e. The Kier molecular flexibility index (Phi) is 7.22. The maximum atomic E-state index is 2.66. The van der Waals surface area contributed by atoms with E-state index in [9.17, 15) is 0 Å². The first-order valence-corrected chi connectivity index (χ1v) is 20.5. The van der Waals surface area contributed by atoms with Crippen molar-refractivity contribution in [3.05, 3.63) is 263 Å². The van der Waals surface area contributed by atoms with Crippen LogP contribution >= 0.6 is 0 Å². The fourth-order valence-corrected chi connectivity index (χ4v) is 10.9. The van der Waals surface area contributed by atoms with Crippen molar-refractivity contribution in [2.45, 2.75) is 23.7 Å². The minimum atomic E-state index is -0.613. The van der Waals surface area contributed by atoms with Gasteiger partial charge in [-0.2, -0.15) is 0 Å². The number of hydrogen-bond acceptors (Lipinski definition) is 1. The summed E-state index contributed by atoms with van der Waals surface area (Å²) in [4.78, 5) is 2.44. The molecule has 0 amide bonds. The van der Waals surface area contributed by atoms with Crippen molar-refractivity contribution in [1.82, 2.24) is 4.57 Å². The molecule has 0 saturated heterocycles. The zero-order chi connectivity index (χ0) is 38.3. The standard InChI is InChI=1S/C56H40N2/c1-7-21-39(22-8-1)55(40-23-9-2-10-24-40)48-34-19-33-46-47-37-45(57(43-29-15-5-16-30-43)44-31-17-6-18-32-44)38-51-53(47)58(52(46)48)54-49(55)35-20-36-50(54)56(51,41-25-11-3-12-26-41)42-27-13-4-14-28-42/h1-3,5-13,15-38H,4,14H2. The maximum Gasteiger partial charge on any atom is 0.0742 e. The highest BCUT2D eigenvalue weighted by Crippen LogP contribution is 2.62. The molecule has 0 fully saturated rings. The molecule has 3 heterocycles. The molecule has 1 unspecified atom stereocenters. The highest BCUT2D eigenvalue weighted by molar-refractivity contribution is 6.16. The van der Waals surface area contributed by atoms with Crippen LogP contribution in [0, 0.1) is 0 Å². The highest BCUT2D eigenvalue weighted by Gasteiger charge is 2.53. The Morgan fingerprint density at radius 3 is 1.47 bits per heavy atom. The molecule has 2 heteroatoms. The van der Waals surface area contributed by atoms with Gasteiger partial charge in [-0.15, -0.1) is 0 Å². The molecule has 1 aliphatic carbocycles. The van der Waals surface area contributed by atoms with Crippen LogP contribution in [-0.4, -0.2) is 4.57 Å². The third-order valence-corrected chi connectivity index (χ3v) is 13.1. The summed E-state index contributed by atoms with van der Waals surface area (Å²) in [5.74, 6) is 0. The average Bonchev–Trinajstić information content (AvgIpc) is 3.64. The SMILES string of the molecule is C1=CC(C2(c3ccccc3)c3cccc4c3-n3c5c2cc(N(c2ccccc2)c2ccccc2)cc5c2cccc(c23)C4(c2ccccc2)c2ccccc2)=CCC1. The number of anilines is 3. The second-order valence-corrected chi connectivity index (χ2v) is 15.9. The summed E-state index contributed by atoms with van der Waals surface area (Å²) in [6.07, 6.45) is 9.38. The Hall–Kier alpha value is -7.16. The molecule has 58 heavy (non-hydrogen) atoms. The smallest absolute Gasteiger partial charge is 0.0742 e. The minimum Gasteiger partial charge on any atom is -0.310 e. The van der Waals surface area contributed by atoms with Crippen LogP contribution in [0.2, 0.25) is 0 Å². The van der Waals surface area contributed by atoms with Gasteiger partial charge in [-0.3, -0.25) is 0 Å². The minimum absolute atomic E-state index is 0.572. The van der Waals surface area contributed by atoms with Crippen LogP contribution in [0.4, 0.5) is 17.1 Å². The lowest BCUT2D eigenvalue weighted by molar-refractivity contribution is 0.678. The van der Waals surface area contributed by atoms with Gasteiger partial charge >= 0.3 is 0 Å². The third kappa shape index (κ3) is 4.32. The Bertz CT molecular complexity index is 3010. The molecular formula is C56H40N2. The number of allylic oxidation sites excluding steroid dienone is 4. The summed E-state index contributed by atoms with van der Waals surface area (Å²) in [7, 11) is 0. The summed E-state index contributed by atoms with van der Waals surface area (Å²) in [6.45, 7) is 0. The van der Waals surface area contributed by atoms with E-state index in [1.807, 2.05) is 0 Å². The summed E-state index contributed by atoms with van der Waals surface area (Å²) >= 11 is 0. The highest BCUT2D eigenvalue weighted by atomic mass is 15.1. The summed E-state index contributed by atoms with van der Waals surface area (Å²) in [6, 6.07) is 74.7. The van der Waals surface area contributed by atoms with Crippen LogP contribution < -0.4 is 4.90 Å². The predicted molar refractivity (Wildman–Crippen MR) is 240 cm³/mol. The van der Waals surface area contributed by atoms with Crippen LogP contribution in [0.3, 0.4) is 0 Å². The molecule has 3 aliphatic rings. The van der Waals surface area contributed by atoms with E-state index in [1.54, 1.807) is 0 Å². The summed E-state index contributed by atoms with van der Waals surface area (Å²) in [5, 5.41) is 2.53. The van der Waals surface area contributed by atoms with Crippen LogP contribution in [0.5, 0.6) is 0 Å². The van der Waals surface area contributed by atoms with Crippen molar-refractivity contribution >= 4 is 38.9 Å². The van der Waals surface area contributed by atoms with Gasteiger partial charge in [-0.1, -0.05) is 182 Å². The predicted octanol–water partition coefficient (Wildman–Crippen LogP) is 13.9. The molecular weight excluding hydrogens is 701 g/mol. The van der Waals surface area contributed by atoms with E-state index in [2.05, 4.69) is 228 Å². The van der Waals surface area contributed by atoms with Crippen LogP contribution in [0.25, 0.3) is 27.5 Å². The Morgan fingerprint density at radius 2 is 0.897 bits per heavy atom. The van der Waals surface area contributed by atoms with E-state index in [-0.39, 0.29) is 0 Å². The molecule has 0 N–H and O–H groups in total. The first-order valence-electron chi connectivity index (χ1n) is 20.5. The molecule has 9 aromatic rings. The number of benzene rings is 8. The Labute approximate surface area is 339 Å². The summed E-state index contributed by atoms with van der Waals surface area (Å²) in [5.41, 5.74) is 16.4. The molecule has 0 radical (unpaired) electrons. The molecule has 0 spiro atoms. The molecule has 1 aromatic heterocycles. The van der Waals surface area contributed by atoms with Crippen molar-refractivity contribution in [3.8, 4) is 5.69 Å². The molecule has 0 bridgehead atoms. The van der Waals surface area contributed by atoms with E-state index in [0.717, 1.165) is 29.9 Å². The van der Waals surface area contributed by atoms with Gasteiger partial charge in [0.25, 0.3) is 0 Å². The fraction of sp³-hybridized carbons (Fsp3) is 0.0714. The van der Waals surface area contributed by atoms with E-state index in [1.165, 1.54) is 72.0 Å². The van der Waals surface area contributed by atoms with Crippen LogP contribution in [0.1, 0.15) is 51.8 Å². The molecule has 2 nitrogen and oxygen atoms in total. The van der Waals surface area contributed by atoms with E-state index >= 15 is 0 Å². The molecule has 0 saturated carbocycles. The second kappa shape index (κ2) is 12.7. The lowest BCUT2D eigenvalue weighted by Gasteiger charge is -2.48. The fourth-order valence-electron chi connectivity index (χ4n) is 10.9. The topological polar surface area (TPSA) is 8.17 Å². The monoisotopic (exact) mass is 740 g/mol. The number of aromatic nitrogens is 1. The lowest BCUT2D eigenvalue weighted by atomic mass is 9.58. The van der Waals surface area contributed by atoms with Gasteiger partial charge in [0.2, 0.25) is 0 Å². The van der Waals surface area contributed by atoms with Gasteiger partial charge in [-0.05, 0) is 93.8 Å².